The van der Waals surface area contributed by atoms with E-state index in [4.69, 9.17) is 0 Å². The molecule has 0 unspecified atom stereocenters. The Kier molecular flexibility index (Phi) is 11.4. The van der Waals surface area contributed by atoms with Crippen molar-refractivity contribution in [3.05, 3.63) is 58.9 Å². The zero-order valence-corrected chi connectivity index (χ0v) is 14.4. The zero-order valence-electron chi connectivity index (χ0n) is 14.4. The molecule has 0 amide bonds. The van der Waals surface area contributed by atoms with Gasteiger partial charge in [0, 0.05) is 0 Å². The van der Waals surface area contributed by atoms with Crippen LogP contribution in [0.3, 0.4) is 0 Å². The highest BCUT2D eigenvalue weighted by Gasteiger charge is 1.99. The summed E-state index contributed by atoms with van der Waals surface area (Å²) in [6.07, 6.45) is 19.0. The normalized spacial score (nSPS) is 15.1. The topological polar surface area (TPSA) is 20.2 Å². The van der Waals surface area contributed by atoms with Gasteiger partial charge in [-0.1, -0.05) is 62.6 Å². The van der Waals surface area contributed by atoms with E-state index in [0.29, 0.717) is 5.76 Å². The van der Waals surface area contributed by atoms with Crippen molar-refractivity contribution >= 4 is 0 Å². The molecule has 0 aromatic rings. The second-order valence-corrected chi connectivity index (χ2v) is 5.54. The first kappa shape index (κ1) is 19.5. The summed E-state index contributed by atoms with van der Waals surface area (Å²) in [5.41, 5.74) is 3.26. The monoisotopic (exact) mass is 288 g/mol. The number of allylic oxidation sites excluding steroid dienone is 10. The van der Waals surface area contributed by atoms with Crippen molar-refractivity contribution in [1.82, 2.24) is 0 Å². The zero-order chi connectivity index (χ0) is 16.1. The lowest BCUT2D eigenvalue weighted by molar-refractivity contribution is 0.408. The van der Waals surface area contributed by atoms with Crippen LogP contribution in [-0.2, 0) is 0 Å². The maximum absolute atomic E-state index is 9.48. The summed E-state index contributed by atoms with van der Waals surface area (Å²) in [5, 5.41) is 9.48. The third-order valence-electron chi connectivity index (χ3n) is 3.74. The molecule has 118 valence electrons. The van der Waals surface area contributed by atoms with E-state index in [0.717, 1.165) is 11.1 Å². The molecule has 0 atom stereocenters. The third kappa shape index (κ3) is 9.95. The Morgan fingerprint density at radius 3 is 2.10 bits per heavy atom. The van der Waals surface area contributed by atoms with E-state index in [1.165, 1.54) is 37.7 Å². The third-order valence-corrected chi connectivity index (χ3v) is 3.74. The van der Waals surface area contributed by atoms with Crippen molar-refractivity contribution in [2.45, 2.75) is 66.7 Å². The summed E-state index contributed by atoms with van der Waals surface area (Å²) in [5.74, 6) is 0.391. The van der Waals surface area contributed by atoms with Crippen LogP contribution in [0, 0.1) is 0 Å². The quantitative estimate of drug-likeness (QED) is 0.280. The number of hydrogen-bond acceptors (Lipinski definition) is 1. The maximum Gasteiger partial charge on any atom is 0.0923 e. The molecule has 0 radical (unpaired) electrons. The Bertz CT molecular complexity index is 427. The Morgan fingerprint density at radius 2 is 1.48 bits per heavy atom. The van der Waals surface area contributed by atoms with Crippen molar-refractivity contribution in [2.24, 2.45) is 0 Å². The van der Waals surface area contributed by atoms with Gasteiger partial charge in [0.1, 0.15) is 0 Å². The van der Waals surface area contributed by atoms with E-state index < -0.39 is 0 Å². The molecule has 1 nitrogen and oxygen atoms in total. The van der Waals surface area contributed by atoms with Gasteiger partial charge in [-0.05, 0) is 57.3 Å². The van der Waals surface area contributed by atoms with Crippen molar-refractivity contribution in [1.29, 1.82) is 0 Å². The fraction of sp³-hybridized carbons (Fsp3) is 0.500. The average Bonchev–Trinajstić information content (AvgIpc) is 2.47. The highest BCUT2D eigenvalue weighted by Crippen LogP contribution is 2.17. The Balaban J connectivity index is 4.21. The minimum atomic E-state index is 0.391. The molecule has 0 saturated heterocycles. The highest BCUT2D eigenvalue weighted by molar-refractivity contribution is 5.38. The second-order valence-electron chi connectivity index (χ2n) is 5.54. The average molecular weight is 288 g/mol. The Hall–Kier alpha value is -1.50. The molecule has 0 saturated carbocycles. The number of rotatable bonds is 9. The van der Waals surface area contributed by atoms with E-state index in [1.807, 2.05) is 26.0 Å². The predicted octanol–water partition coefficient (Wildman–Crippen LogP) is 6.81. The van der Waals surface area contributed by atoms with Crippen LogP contribution < -0.4 is 0 Å². The highest BCUT2D eigenvalue weighted by atomic mass is 16.3. The molecule has 0 fully saturated rings. The molecule has 1 N–H and O–H groups in total. The van der Waals surface area contributed by atoms with Crippen LogP contribution in [0.2, 0.25) is 0 Å². The van der Waals surface area contributed by atoms with Gasteiger partial charge in [0.2, 0.25) is 0 Å². The maximum atomic E-state index is 9.48. The van der Waals surface area contributed by atoms with Gasteiger partial charge < -0.3 is 5.11 Å². The molecule has 0 spiro atoms. The molecule has 0 bridgehead atoms. The summed E-state index contributed by atoms with van der Waals surface area (Å²) in [4.78, 5) is 0. The number of unbranched alkanes of at least 4 members (excludes halogenated alkanes) is 4. The summed E-state index contributed by atoms with van der Waals surface area (Å²) in [6.45, 7) is 10.0. The predicted molar refractivity (Wildman–Crippen MR) is 95.6 cm³/mol. The molecule has 0 aromatic heterocycles. The smallest absolute Gasteiger partial charge is 0.0923 e. The van der Waals surface area contributed by atoms with E-state index in [9.17, 15) is 5.11 Å². The van der Waals surface area contributed by atoms with Crippen molar-refractivity contribution < 1.29 is 5.11 Å². The summed E-state index contributed by atoms with van der Waals surface area (Å²) < 4.78 is 0. The van der Waals surface area contributed by atoms with Crippen LogP contribution in [0.15, 0.2) is 58.9 Å². The van der Waals surface area contributed by atoms with Crippen LogP contribution in [0.1, 0.15) is 66.7 Å². The van der Waals surface area contributed by atoms with Gasteiger partial charge in [-0.25, -0.2) is 0 Å². The summed E-state index contributed by atoms with van der Waals surface area (Å²) in [7, 11) is 0. The molecule has 0 aliphatic carbocycles. The first-order valence-corrected chi connectivity index (χ1v) is 8.04. The fourth-order valence-corrected chi connectivity index (χ4v) is 1.88. The molecule has 21 heavy (non-hydrogen) atoms. The lowest BCUT2D eigenvalue weighted by atomic mass is 10.0. The molecule has 1 heteroatoms. The van der Waals surface area contributed by atoms with Gasteiger partial charge in [-0.2, -0.15) is 0 Å². The first-order chi connectivity index (χ1) is 10.0. The molecule has 0 aliphatic rings. The van der Waals surface area contributed by atoms with Crippen LogP contribution in [0.25, 0.3) is 0 Å². The van der Waals surface area contributed by atoms with Crippen LogP contribution >= 0.6 is 0 Å². The van der Waals surface area contributed by atoms with E-state index >= 15 is 0 Å². The fourth-order valence-electron chi connectivity index (χ4n) is 1.88. The van der Waals surface area contributed by atoms with Gasteiger partial charge in [-0.15, -0.1) is 0 Å². The number of aliphatic hydroxyl groups is 1. The van der Waals surface area contributed by atoms with Gasteiger partial charge in [0.15, 0.2) is 0 Å². The van der Waals surface area contributed by atoms with Gasteiger partial charge in [0.25, 0.3) is 0 Å². The number of aliphatic hydroxyl groups excluding tert-OH is 1. The van der Waals surface area contributed by atoms with Crippen molar-refractivity contribution in [2.75, 3.05) is 0 Å². The lowest BCUT2D eigenvalue weighted by Gasteiger charge is -2.05. The summed E-state index contributed by atoms with van der Waals surface area (Å²) >= 11 is 0. The minimum absolute atomic E-state index is 0.391. The summed E-state index contributed by atoms with van der Waals surface area (Å²) in [6, 6.07) is 0. The van der Waals surface area contributed by atoms with Gasteiger partial charge in [0.05, 0.1) is 5.76 Å². The van der Waals surface area contributed by atoms with E-state index in [2.05, 4.69) is 38.2 Å². The minimum Gasteiger partial charge on any atom is -0.512 e. The molecule has 0 heterocycles. The van der Waals surface area contributed by atoms with Crippen LogP contribution in [0.5, 0.6) is 0 Å². The standard InChI is InChI=1S/C20H32O/c1-6-7-8-9-10-11-12-13-14-15-16-17(2)18(3)19(4)20(5)21/h11-16,21H,6-10H2,1-5H3. The van der Waals surface area contributed by atoms with Crippen molar-refractivity contribution in [3.63, 3.8) is 0 Å². The molecular formula is C20H32O. The molecule has 0 rings (SSSR count). The Morgan fingerprint density at radius 1 is 0.810 bits per heavy atom. The van der Waals surface area contributed by atoms with Crippen LogP contribution in [-0.4, -0.2) is 5.11 Å². The SMILES string of the molecule is CCCCCCC=CC=CC=CC(C)=C(C)C(C)=C(C)O. The van der Waals surface area contributed by atoms with Gasteiger partial charge in [-0.3, -0.25) is 0 Å². The lowest BCUT2D eigenvalue weighted by Crippen LogP contribution is -1.88. The molecule has 0 aromatic carbocycles. The second kappa shape index (κ2) is 12.3. The molecule has 0 aliphatic heterocycles. The molecular weight excluding hydrogens is 256 g/mol. The van der Waals surface area contributed by atoms with Crippen LogP contribution in [0.4, 0.5) is 0 Å². The first-order valence-electron chi connectivity index (χ1n) is 8.04. The van der Waals surface area contributed by atoms with E-state index in [-0.39, 0.29) is 0 Å². The largest absolute Gasteiger partial charge is 0.512 e. The van der Waals surface area contributed by atoms with E-state index in [1.54, 1.807) is 6.92 Å². The Labute approximate surface area is 131 Å². The van der Waals surface area contributed by atoms with Crippen molar-refractivity contribution in [3.8, 4) is 0 Å². The van der Waals surface area contributed by atoms with Gasteiger partial charge >= 0.3 is 0 Å². The number of hydrogen-bond donors (Lipinski definition) is 1.